The van der Waals surface area contributed by atoms with Crippen LogP contribution in [0.2, 0.25) is 0 Å². The highest BCUT2D eigenvalue weighted by Gasteiger charge is 2.50. The molecule has 3 rings (SSSR count). The molecule has 0 bridgehead atoms. The van der Waals surface area contributed by atoms with E-state index in [9.17, 15) is 9.59 Å². The van der Waals surface area contributed by atoms with Gasteiger partial charge in [0.05, 0.1) is 11.0 Å². The van der Waals surface area contributed by atoms with Crippen LogP contribution in [0.15, 0.2) is 29.2 Å². The Kier molecular flexibility index (Phi) is 5.39. The van der Waals surface area contributed by atoms with Crippen molar-refractivity contribution in [3.63, 3.8) is 0 Å². The number of thioether (sulfide) groups is 1. The Morgan fingerprint density at radius 2 is 2.00 bits per heavy atom. The molecule has 5 nitrogen and oxygen atoms in total. The molecular weight excluding hydrogens is 336 g/mol. The molecule has 6 heteroatoms. The Morgan fingerprint density at radius 1 is 1.32 bits per heavy atom. The van der Waals surface area contributed by atoms with E-state index in [0.717, 1.165) is 23.4 Å². The van der Waals surface area contributed by atoms with Crippen LogP contribution in [0, 0.1) is 5.41 Å². The number of amides is 1. The van der Waals surface area contributed by atoms with Gasteiger partial charge in [-0.05, 0) is 45.3 Å². The van der Waals surface area contributed by atoms with Crippen LogP contribution in [0.25, 0.3) is 0 Å². The summed E-state index contributed by atoms with van der Waals surface area (Å²) in [5.41, 5.74) is 0.363. The fraction of sp³-hybridized carbons (Fsp3) is 0.579. The first-order valence-electron chi connectivity index (χ1n) is 8.73. The van der Waals surface area contributed by atoms with Crippen LogP contribution in [0.1, 0.15) is 29.6 Å². The first kappa shape index (κ1) is 18.3. The fourth-order valence-electron chi connectivity index (χ4n) is 3.88. The number of benzene rings is 1. The smallest absolute Gasteiger partial charge is 0.312 e. The van der Waals surface area contributed by atoms with Gasteiger partial charge in [-0.1, -0.05) is 12.1 Å². The van der Waals surface area contributed by atoms with E-state index in [1.165, 1.54) is 0 Å². The molecule has 1 unspecified atom stereocenters. The summed E-state index contributed by atoms with van der Waals surface area (Å²) in [6, 6.07) is 7.71. The van der Waals surface area contributed by atoms with Crippen molar-refractivity contribution < 1.29 is 14.3 Å². The molecule has 1 aromatic carbocycles. The maximum Gasteiger partial charge on any atom is 0.312 e. The number of likely N-dealkylation sites (tertiary alicyclic amines) is 1. The molecule has 0 aliphatic carbocycles. The van der Waals surface area contributed by atoms with Crippen LogP contribution >= 0.6 is 11.8 Å². The SMILES string of the molecule is CSc1ccccc1C(=O)N1CCC2(CC1)CC(CN(C)C)OC2=O. The van der Waals surface area contributed by atoms with E-state index in [1.54, 1.807) is 11.8 Å². The highest BCUT2D eigenvalue weighted by molar-refractivity contribution is 7.98. The molecule has 1 atom stereocenters. The third-order valence-electron chi connectivity index (χ3n) is 5.24. The van der Waals surface area contributed by atoms with E-state index in [4.69, 9.17) is 4.74 Å². The highest BCUT2D eigenvalue weighted by atomic mass is 32.2. The average molecular weight is 362 g/mol. The molecule has 2 heterocycles. The number of carbonyl (C=O) groups is 2. The maximum atomic E-state index is 12.9. The third kappa shape index (κ3) is 3.70. The lowest BCUT2D eigenvalue weighted by molar-refractivity contribution is -0.150. The Hall–Kier alpha value is -1.53. The van der Waals surface area contributed by atoms with Crippen LogP contribution in [0.3, 0.4) is 0 Å². The van der Waals surface area contributed by atoms with Crippen molar-refractivity contribution in [2.75, 3.05) is 40.0 Å². The van der Waals surface area contributed by atoms with Gasteiger partial charge in [0.1, 0.15) is 6.10 Å². The van der Waals surface area contributed by atoms with Gasteiger partial charge in [-0.15, -0.1) is 11.8 Å². The zero-order valence-electron chi connectivity index (χ0n) is 15.2. The summed E-state index contributed by atoms with van der Waals surface area (Å²) in [4.78, 5) is 30.2. The second kappa shape index (κ2) is 7.38. The summed E-state index contributed by atoms with van der Waals surface area (Å²) < 4.78 is 5.59. The molecule has 0 saturated carbocycles. The molecule has 2 saturated heterocycles. The predicted octanol–water partition coefficient (Wildman–Crippen LogP) is 2.51. The Balaban J connectivity index is 1.66. The number of likely N-dealkylation sites (N-methyl/N-ethyl adjacent to an activating group) is 1. The molecule has 136 valence electrons. The lowest BCUT2D eigenvalue weighted by atomic mass is 9.76. The highest BCUT2D eigenvalue weighted by Crippen LogP contribution is 2.43. The zero-order valence-corrected chi connectivity index (χ0v) is 16.0. The number of hydrogen-bond acceptors (Lipinski definition) is 5. The van der Waals surface area contributed by atoms with E-state index in [-0.39, 0.29) is 18.0 Å². The van der Waals surface area contributed by atoms with Crippen molar-refractivity contribution in [2.45, 2.75) is 30.3 Å². The topological polar surface area (TPSA) is 49.9 Å². The quantitative estimate of drug-likeness (QED) is 0.608. The number of cyclic esters (lactones) is 1. The van der Waals surface area contributed by atoms with Gasteiger partial charge < -0.3 is 14.5 Å². The summed E-state index contributed by atoms with van der Waals surface area (Å²) in [7, 11) is 3.98. The van der Waals surface area contributed by atoms with Crippen LogP contribution in [-0.2, 0) is 9.53 Å². The summed E-state index contributed by atoms with van der Waals surface area (Å²) in [6.45, 7) is 1.99. The molecule has 2 aliphatic heterocycles. The molecule has 0 radical (unpaired) electrons. The number of piperidine rings is 1. The minimum absolute atomic E-state index is 0.0260. The summed E-state index contributed by atoms with van der Waals surface area (Å²) >= 11 is 1.59. The molecule has 2 aliphatic rings. The van der Waals surface area contributed by atoms with E-state index in [2.05, 4.69) is 4.90 Å². The molecule has 1 spiro atoms. The number of esters is 1. The zero-order chi connectivity index (χ0) is 18.0. The first-order valence-corrected chi connectivity index (χ1v) is 9.96. The van der Waals surface area contributed by atoms with Gasteiger partial charge in [-0.3, -0.25) is 9.59 Å². The van der Waals surface area contributed by atoms with Crippen LogP contribution in [0.4, 0.5) is 0 Å². The van der Waals surface area contributed by atoms with Gasteiger partial charge in [0.15, 0.2) is 0 Å². The molecule has 25 heavy (non-hydrogen) atoms. The first-order chi connectivity index (χ1) is 11.9. The average Bonchev–Trinajstić information content (AvgIpc) is 2.89. The third-order valence-corrected chi connectivity index (χ3v) is 6.03. The maximum absolute atomic E-state index is 12.9. The number of nitrogens with zero attached hydrogens (tertiary/aromatic N) is 2. The van der Waals surface area contributed by atoms with Crippen molar-refractivity contribution >= 4 is 23.6 Å². The minimum Gasteiger partial charge on any atom is -0.461 e. The van der Waals surface area contributed by atoms with Gasteiger partial charge in [-0.2, -0.15) is 0 Å². The number of carbonyl (C=O) groups excluding carboxylic acids is 2. The van der Waals surface area contributed by atoms with Crippen LogP contribution < -0.4 is 0 Å². The van der Waals surface area contributed by atoms with Crippen molar-refractivity contribution in [1.82, 2.24) is 9.80 Å². The van der Waals surface area contributed by atoms with Gasteiger partial charge in [0.2, 0.25) is 0 Å². The van der Waals surface area contributed by atoms with Crippen molar-refractivity contribution in [2.24, 2.45) is 5.41 Å². The van der Waals surface area contributed by atoms with E-state index in [0.29, 0.717) is 25.9 Å². The van der Waals surface area contributed by atoms with Gasteiger partial charge >= 0.3 is 5.97 Å². The molecule has 2 fully saturated rings. The van der Waals surface area contributed by atoms with E-state index < -0.39 is 5.41 Å². The molecule has 1 aromatic rings. The summed E-state index contributed by atoms with van der Waals surface area (Å²) in [6.07, 6.45) is 4.12. The summed E-state index contributed by atoms with van der Waals surface area (Å²) in [5.74, 6) is -0.00744. The minimum atomic E-state index is -0.392. The van der Waals surface area contributed by atoms with Crippen molar-refractivity contribution in [1.29, 1.82) is 0 Å². The van der Waals surface area contributed by atoms with Crippen molar-refractivity contribution in [3.8, 4) is 0 Å². The fourth-order valence-corrected chi connectivity index (χ4v) is 4.47. The van der Waals surface area contributed by atoms with Crippen molar-refractivity contribution in [3.05, 3.63) is 29.8 Å². The molecule has 0 aromatic heterocycles. The normalized spacial score (nSPS) is 22.5. The second-order valence-corrected chi connectivity index (χ2v) is 8.11. The van der Waals surface area contributed by atoms with E-state index in [1.807, 2.05) is 49.5 Å². The summed E-state index contributed by atoms with van der Waals surface area (Å²) in [5, 5.41) is 0. The van der Waals surface area contributed by atoms with Crippen LogP contribution in [0.5, 0.6) is 0 Å². The monoisotopic (exact) mass is 362 g/mol. The molecule has 1 amide bonds. The molecule has 0 N–H and O–H groups in total. The Labute approximate surface area is 153 Å². The Morgan fingerprint density at radius 3 is 2.64 bits per heavy atom. The second-order valence-electron chi connectivity index (χ2n) is 7.27. The van der Waals surface area contributed by atoms with Gasteiger partial charge in [0.25, 0.3) is 5.91 Å². The van der Waals surface area contributed by atoms with Crippen LogP contribution in [-0.4, -0.2) is 67.8 Å². The molecular formula is C19H26N2O3S. The predicted molar refractivity (Wildman–Crippen MR) is 98.8 cm³/mol. The van der Waals surface area contributed by atoms with E-state index >= 15 is 0 Å². The number of hydrogen-bond donors (Lipinski definition) is 0. The number of ether oxygens (including phenoxy) is 1. The standard InChI is InChI=1S/C19H26N2O3S/c1-20(2)13-14-12-19(18(23)24-14)8-10-21(11-9-19)17(22)15-6-4-5-7-16(15)25-3/h4-7,14H,8-13H2,1-3H3. The number of rotatable bonds is 4. The lowest BCUT2D eigenvalue weighted by Gasteiger charge is -2.36. The van der Waals surface area contributed by atoms with Gasteiger partial charge in [0, 0.05) is 31.0 Å². The lowest BCUT2D eigenvalue weighted by Crippen LogP contribution is -2.45. The van der Waals surface area contributed by atoms with Gasteiger partial charge in [-0.25, -0.2) is 0 Å². The largest absolute Gasteiger partial charge is 0.461 e. The Bertz CT molecular complexity index is 654.